The quantitative estimate of drug-likeness (QED) is 0.585. The van der Waals surface area contributed by atoms with E-state index in [0.29, 0.717) is 11.6 Å². The molecule has 5 heteroatoms. The van der Waals surface area contributed by atoms with E-state index in [4.69, 9.17) is 10.8 Å². The predicted molar refractivity (Wildman–Crippen MR) is 65.3 cm³/mol. The van der Waals surface area contributed by atoms with E-state index in [0.717, 1.165) is 17.5 Å². The maximum atomic E-state index is 9.08. The van der Waals surface area contributed by atoms with E-state index >= 15 is 0 Å². The van der Waals surface area contributed by atoms with Crippen molar-refractivity contribution < 1.29 is 5.11 Å². The Morgan fingerprint density at radius 1 is 1.56 bits per heavy atom. The van der Waals surface area contributed by atoms with Gasteiger partial charge >= 0.3 is 0 Å². The molecule has 16 heavy (non-hydrogen) atoms. The summed E-state index contributed by atoms with van der Waals surface area (Å²) in [5, 5.41) is 12.2. The summed E-state index contributed by atoms with van der Waals surface area (Å²) in [6.45, 7) is 2.10. The number of benzene rings is 1. The highest BCUT2D eigenvalue weighted by atomic mass is 16.3. The van der Waals surface area contributed by atoms with E-state index < -0.39 is 0 Å². The summed E-state index contributed by atoms with van der Waals surface area (Å²) in [7, 11) is 0. The second-order valence-electron chi connectivity index (χ2n) is 3.79. The number of hydrogen-bond acceptors (Lipinski definition) is 4. The molecule has 0 spiro atoms. The lowest BCUT2D eigenvalue weighted by molar-refractivity contribution is 0.271. The molecular weight excluding hydrogens is 204 g/mol. The Bertz CT molecular complexity index is 476. The van der Waals surface area contributed by atoms with Gasteiger partial charge in [0.25, 0.3) is 0 Å². The number of anilines is 2. The summed E-state index contributed by atoms with van der Waals surface area (Å²) in [5.41, 5.74) is 8.15. The molecule has 1 unspecified atom stereocenters. The van der Waals surface area contributed by atoms with E-state index in [1.807, 2.05) is 25.1 Å². The van der Waals surface area contributed by atoms with Crippen LogP contribution in [-0.4, -0.2) is 27.7 Å². The molecule has 5 N–H and O–H groups in total. The molecule has 2 aromatic rings. The molecule has 0 aliphatic carbocycles. The number of imidazole rings is 1. The van der Waals surface area contributed by atoms with E-state index in [9.17, 15) is 0 Å². The monoisotopic (exact) mass is 220 g/mol. The van der Waals surface area contributed by atoms with Crippen molar-refractivity contribution in [1.29, 1.82) is 0 Å². The van der Waals surface area contributed by atoms with Gasteiger partial charge in [0.2, 0.25) is 5.95 Å². The van der Waals surface area contributed by atoms with Gasteiger partial charge in [-0.1, -0.05) is 6.92 Å². The summed E-state index contributed by atoms with van der Waals surface area (Å²) in [5.74, 6) is 0.668. The zero-order valence-corrected chi connectivity index (χ0v) is 9.20. The lowest BCUT2D eigenvalue weighted by atomic mass is 10.2. The van der Waals surface area contributed by atoms with Gasteiger partial charge in [-0.25, -0.2) is 4.98 Å². The molecule has 86 valence electrons. The molecule has 0 aliphatic heterocycles. The average molecular weight is 220 g/mol. The predicted octanol–water partition coefficient (Wildman–Crippen LogP) is 1.33. The molecule has 1 atom stereocenters. The Labute approximate surface area is 93.7 Å². The fourth-order valence-electron chi connectivity index (χ4n) is 1.57. The Kier molecular flexibility index (Phi) is 2.96. The van der Waals surface area contributed by atoms with Gasteiger partial charge in [-0.15, -0.1) is 0 Å². The molecule has 1 heterocycles. The van der Waals surface area contributed by atoms with Crippen LogP contribution in [0.1, 0.15) is 13.3 Å². The minimum Gasteiger partial charge on any atom is -0.399 e. The minimum absolute atomic E-state index is 0.0258. The van der Waals surface area contributed by atoms with Crippen molar-refractivity contribution in [3.05, 3.63) is 18.2 Å². The minimum atomic E-state index is 0.0258. The normalized spacial score (nSPS) is 12.9. The number of nitrogens with zero attached hydrogens (tertiary/aromatic N) is 1. The number of H-pyrrole nitrogens is 1. The highest BCUT2D eigenvalue weighted by Crippen LogP contribution is 2.17. The van der Waals surface area contributed by atoms with Crippen molar-refractivity contribution in [3.8, 4) is 0 Å². The number of rotatable bonds is 4. The van der Waals surface area contributed by atoms with Crippen LogP contribution in [-0.2, 0) is 0 Å². The van der Waals surface area contributed by atoms with E-state index in [2.05, 4.69) is 15.3 Å². The van der Waals surface area contributed by atoms with Crippen LogP contribution in [0.25, 0.3) is 11.0 Å². The molecule has 0 saturated heterocycles. The first kappa shape index (κ1) is 10.8. The molecule has 1 aromatic carbocycles. The Morgan fingerprint density at radius 3 is 3.06 bits per heavy atom. The van der Waals surface area contributed by atoms with E-state index in [-0.39, 0.29) is 12.6 Å². The smallest absolute Gasteiger partial charge is 0.201 e. The maximum absolute atomic E-state index is 9.08. The highest BCUT2D eigenvalue weighted by Gasteiger charge is 2.07. The summed E-state index contributed by atoms with van der Waals surface area (Å²) in [6.07, 6.45) is 0.843. The summed E-state index contributed by atoms with van der Waals surface area (Å²) < 4.78 is 0. The third-order valence-corrected chi connectivity index (χ3v) is 2.56. The molecule has 2 rings (SSSR count). The fraction of sp³-hybridized carbons (Fsp3) is 0.364. The molecule has 0 radical (unpaired) electrons. The van der Waals surface area contributed by atoms with Crippen molar-refractivity contribution in [1.82, 2.24) is 9.97 Å². The summed E-state index contributed by atoms with van der Waals surface area (Å²) >= 11 is 0. The van der Waals surface area contributed by atoms with Crippen LogP contribution in [0.2, 0.25) is 0 Å². The molecule has 0 aliphatic rings. The van der Waals surface area contributed by atoms with Crippen molar-refractivity contribution in [2.75, 3.05) is 17.7 Å². The van der Waals surface area contributed by atoms with Crippen LogP contribution in [0, 0.1) is 0 Å². The van der Waals surface area contributed by atoms with E-state index in [1.54, 1.807) is 0 Å². The molecule has 0 saturated carbocycles. The first-order valence-corrected chi connectivity index (χ1v) is 5.35. The SMILES string of the molecule is CCC(CO)Nc1nc2ccc(N)cc2[nH]1. The van der Waals surface area contributed by atoms with Crippen molar-refractivity contribution >= 4 is 22.7 Å². The molecule has 5 nitrogen and oxygen atoms in total. The second-order valence-corrected chi connectivity index (χ2v) is 3.79. The number of fused-ring (bicyclic) bond motifs is 1. The van der Waals surface area contributed by atoms with Crippen molar-refractivity contribution in [2.45, 2.75) is 19.4 Å². The Hall–Kier alpha value is -1.75. The number of aliphatic hydroxyl groups excluding tert-OH is 1. The number of aromatic amines is 1. The molecular formula is C11H16N4O. The fourth-order valence-corrected chi connectivity index (χ4v) is 1.57. The number of aliphatic hydroxyl groups is 1. The largest absolute Gasteiger partial charge is 0.399 e. The van der Waals surface area contributed by atoms with E-state index in [1.165, 1.54) is 0 Å². The Balaban J connectivity index is 2.25. The van der Waals surface area contributed by atoms with Crippen LogP contribution in [0.15, 0.2) is 18.2 Å². The van der Waals surface area contributed by atoms with Crippen molar-refractivity contribution in [2.24, 2.45) is 0 Å². The topological polar surface area (TPSA) is 87.0 Å². The first-order valence-electron chi connectivity index (χ1n) is 5.35. The lowest BCUT2D eigenvalue weighted by Gasteiger charge is -2.12. The van der Waals surface area contributed by atoms with Crippen LogP contribution >= 0.6 is 0 Å². The van der Waals surface area contributed by atoms with Crippen molar-refractivity contribution in [3.63, 3.8) is 0 Å². The Morgan fingerprint density at radius 2 is 2.38 bits per heavy atom. The lowest BCUT2D eigenvalue weighted by Crippen LogP contribution is -2.23. The number of nitrogens with two attached hydrogens (primary N) is 1. The van der Waals surface area contributed by atoms with Gasteiger partial charge in [-0.3, -0.25) is 0 Å². The van der Waals surface area contributed by atoms with Crippen LogP contribution < -0.4 is 11.1 Å². The molecule has 1 aromatic heterocycles. The number of hydrogen-bond donors (Lipinski definition) is 4. The zero-order chi connectivity index (χ0) is 11.5. The van der Waals surface area contributed by atoms with Gasteiger partial charge in [0.05, 0.1) is 23.7 Å². The third kappa shape index (κ3) is 2.09. The first-order chi connectivity index (χ1) is 7.72. The zero-order valence-electron chi connectivity index (χ0n) is 9.20. The summed E-state index contributed by atoms with van der Waals surface area (Å²) in [4.78, 5) is 7.48. The van der Waals surface area contributed by atoms with Gasteiger partial charge < -0.3 is 21.1 Å². The number of nitrogen functional groups attached to an aromatic ring is 1. The van der Waals surface area contributed by atoms with Crippen LogP contribution in [0.3, 0.4) is 0 Å². The van der Waals surface area contributed by atoms with Crippen LogP contribution in [0.4, 0.5) is 11.6 Å². The van der Waals surface area contributed by atoms with Gasteiger partial charge in [-0.05, 0) is 24.6 Å². The third-order valence-electron chi connectivity index (χ3n) is 2.56. The standard InChI is InChI=1S/C11H16N4O/c1-2-8(6-16)13-11-14-9-4-3-7(12)5-10(9)15-11/h3-5,8,16H,2,6,12H2,1H3,(H2,13,14,15). The summed E-state index contributed by atoms with van der Waals surface area (Å²) in [6, 6.07) is 5.55. The molecule has 0 bridgehead atoms. The number of nitrogens with one attached hydrogen (secondary N) is 2. The number of aromatic nitrogens is 2. The molecule has 0 fully saturated rings. The van der Waals surface area contributed by atoms with Gasteiger partial charge in [0.15, 0.2) is 0 Å². The maximum Gasteiger partial charge on any atom is 0.201 e. The molecule has 0 amide bonds. The van der Waals surface area contributed by atoms with Crippen LogP contribution in [0.5, 0.6) is 0 Å². The highest BCUT2D eigenvalue weighted by molar-refractivity contribution is 5.80. The second kappa shape index (κ2) is 4.40. The van der Waals surface area contributed by atoms with Gasteiger partial charge in [-0.2, -0.15) is 0 Å². The van der Waals surface area contributed by atoms with Gasteiger partial charge in [0, 0.05) is 5.69 Å². The van der Waals surface area contributed by atoms with Gasteiger partial charge in [0.1, 0.15) is 0 Å². The average Bonchev–Trinajstić information content (AvgIpc) is 2.67.